The van der Waals surface area contributed by atoms with Gasteiger partial charge in [-0.05, 0) is 47.3 Å². The zero-order valence-electron chi connectivity index (χ0n) is 30.0. The van der Waals surface area contributed by atoms with Crippen molar-refractivity contribution in [2.24, 2.45) is 0 Å². The number of ether oxygens (including phenoxy) is 2. The minimum Gasteiger partial charge on any atom is -0.491 e. The van der Waals surface area contributed by atoms with Gasteiger partial charge in [-0.3, -0.25) is 10.0 Å². The first-order valence-corrected chi connectivity index (χ1v) is 18.2. The highest BCUT2D eigenvalue weighted by Gasteiger charge is 2.95. The third-order valence-corrected chi connectivity index (χ3v) is 14.7. The summed E-state index contributed by atoms with van der Waals surface area (Å²) in [6.07, 6.45) is -11.8. The van der Waals surface area contributed by atoms with E-state index in [4.69, 9.17) is 19.1 Å². The number of benzene rings is 1. The standard InChI is InChI=1S/C31H38F17NO6Si/c1-16(2)56(17(3)4,55-13-12-54-20-9-7-19(8-10-20)22(51)23(53-6)18(5)15-21(50)49-52)14-11-24(32,33)25(34,35)26(36,37)27(38,39)28(40,41)29(42,43)30(44,45)31(46,47)48/h7-10,15-17,22-23,51-52H,11-14H2,1-6H3,(H,49,50)/b18-15+/t22-,23-/m0/s1. The Balaban J connectivity index is 3.26. The molecular formula is C31H38F17NO6Si. The van der Waals surface area contributed by atoms with E-state index in [9.17, 15) is 84.5 Å². The van der Waals surface area contributed by atoms with Crippen LogP contribution in [0.1, 0.15) is 52.7 Å². The summed E-state index contributed by atoms with van der Waals surface area (Å²) in [6.45, 7) is 5.70. The zero-order valence-corrected chi connectivity index (χ0v) is 31.0. The molecule has 3 N–H and O–H groups in total. The number of hydrogen-bond donors (Lipinski definition) is 3. The average Bonchev–Trinajstić information content (AvgIpc) is 3.06. The predicted molar refractivity (Wildman–Crippen MR) is 163 cm³/mol. The molecule has 0 saturated heterocycles. The maximum absolute atomic E-state index is 14.8. The van der Waals surface area contributed by atoms with Crippen molar-refractivity contribution in [3.8, 4) is 5.75 Å². The number of halogens is 17. The Morgan fingerprint density at radius 1 is 0.732 bits per heavy atom. The highest BCUT2D eigenvalue weighted by molar-refractivity contribution is 6.76. The van der Waals surface area contributed by atoms with Gasteiger partial charge < -0.3 is 19.0 Å². The third-order valence-electron chi connectivity index (χ3n) is 8.97. The second-order valence-electron chi connectivity index (χ2n) is 13.1. The molecule has 0 aromatic heterocycles. The van der Waals surface area contributed by atoms with Crippen molar-refractivity contribution in [2.75, 3.05) is 20.3 Å². The highest BCUT2D eigenvalue weighted by Crippen LogP contribution is 2.64. The Morgan fingerprint density at radius 2 is 1.16 bits per heavy atom. The van der Waals surface area contributed by atoms with Crippen LogP contribution < -0.4 is 10.2 Å². The van der Waals surface area contributed by atoms with Crippen LogP contribution in [0.15, 0.2) is 35.9 Å². The molecule has 0 spiro atoms. The van der Waals surface area contributed by atoms with Crippen LogP contribution in [0.5, 0.6) is 5.75 Å². The van der Waals surface area contributed by atoms with Gasteiger partial charge in [0.25, 0.3) is 5.91 Å². The van der Waals surface area contributed by atoms with Gasteiger partial charge in [-0.2, -0.15) is 74.6 Å². The summed E-state index contributed by atoms with van der Waals surface area (Å²) in [7, 11) is -2.75. The first-order valence-electron chi connectivity index (χ1n) is 15.9. The van der Waals surface area contributed by atoms with Gasteiger partial charge in [0.15, 0.2) is 8.32 Å². The smallest absolute Gasteiger partial charge is 0.460 e. The number of aliphatic hydroxyl groups is 1. The lowest BCUT2D eigenvalue weighted by molar-refractivity contribution is -0.461. The molecule has 0 aliphatic heterocycles. The number of nitrogens with one attached hydrogen (secondary N) is 1. The molecule has 1 aromatic rings. The van der Waals surface area contributed by atoms with Crippen molar-refractivity contribution >= 4 is 14.2 Å². The number of carbonyl (C=O) groups excluding carboxylic acids is 1. The number of alkyl halides is 17. The third kappa shape index (κ3) is 9.35. The molecule has 0 unspecified atom stereocenters. The van der Waals surface area contributed by atoms with E-state index in [1.165, 1.54) is 71.5 Å². The van der Waals surface area contributed by atoms with Gasteiger partial charge in [-0.25, -0.2) is 5.48 Å². The molecular weight excluding hydrogens is 833 g/mol. The molecule has 1 rings (SSSR count). The van der Waals surface area contributed by atoms with Crippen molar-refractivity contribution in [3.63, 3.8) is 0 Å². The van der Waals surface area contributed by atoms with Gasteiger partial charge in [0.05, 0.1) is 6.61 Å². The Labute approximate surface area is 309 Å². The van der Waals surface area contributed by atoms with E-state index in [0.717, 1.165) is 6.08 Å². The van der Waals surface area contributed by atoms with E-state index in [0.29, 0.717) is 0 Å². The largest absolute Gasteiger partial charge is 0.491 e. The second-order valence-corrected chi connectivity index (χ2v) is 18.2. The fraction of sp³-hybridized carbons (Fsp3) is 0.710. The van der Waals surface area contributed by atoms with Crippen LogP contribution >= 0.6 is 0 Å². The number of methoxy groups -OCH3 is 1. The minimum absolute atomic E-state index is 0.0940. The Kier molecular flexibility index (Phi) is 16.0. The van der Waals surface area contributed by atoms with E-state index in [-0.39, 0.29) is 16.9 Å². The van der Waals surface area contributed by atoms with Gasteiger partial charge >= 0.3 is 47.6 Å². The number of hydroxylamine groups is 1. The minimum atomic E-state index is -8.69. The maximum atomic E-state index is 14.8. The maximum Gasteiger partial charge on any atom is 0.460 e. The summed E-state index contributed by atoms with van der Waals surface area (Å²) < 4.78 is 250. The average molecular weight is 872 g/mol. The van der Waals surface area contributed by atoms with E-state index in [1.54, 1.807) is 0 Å². The lowest BCUT2D eigenvalue weighted by Gasteiger charge is -2.44. The SMILES string of the molecule is CO[C@@H](/C(C)=C/C(=O)NO)[C@@H](O)c1ccc(OCCO[Si](CCC(F)(F)C(F)(F)C(F)(F)C(F)(F)C(F)(F)C(F)(F)C(F)(F)C(F)(F)F)(C(C)C)C(C)C)cc1. The summed E-state index contributed by atoms with van der Waals surface area (Å²) in [6, 6.07) is 4.03. The van der Waals surface area contributed by atoms with E-state index in [2.05, 4.69) is 0 Å². The topological polar surface area (TPSA) is 97.3 Å². The number of hydrogen-bond acceptors (Lipinski definition) is 6. The lowest BCUT2D eigenvalue weighted by atomic mass is 9.88. The molecule has 56 heavy (non-hydrogen) atoms. The number of carbonyl (C=O) groups is 1. The van der Waals surface area contributed by atoms with Crippen LogP contribution in [0.3, 0.4) is 0 Å². The number of amides is 1. The van der Waals surface area contributed by atoms with Crippen molar-refractivity contribution in [3.05, 3.63) is 41.5 Å². The summed E-state index contributed by atoms with van der Waals surface area (Å²) in [5, 5.41) is 19.4. The van der Waals surface area contributed by atoms with Gasteiger partial charge in [0.2, 0.25) is 0 Å². The van der Waals surface area contributed by atoms with Gasteiger partial charge in [0.1, 0.15) is 24.6 Å². The van der Waals surface area contributed by atoms with Gasteiger partial charge in [-0.15, -0.1) is 0 Å². The summed E-state index contributed by atoms with van der Waals surface area (Å²) in [4.78, 5) is 11.4. The molecule has 0 bridgehead atoms. The van der Waals surface area contributed by atoms with Gasteiger partial charge in [-0.1, -0.05) is 39.8 Å². The molecule has 1 amide bonds. The molecule has 326 valence electrons. The van der Waals surface area contributed by atoms with Crippen LogP contribution in [-0.2, 0) is 14.0 Å². The fourth-order valence-electron chi connectivity index (χ4n) is 5.57. The summed E-state index contributed by atoms with van der Waals surface area (Å²) in [5.74, 6) is -57.6. The van der Waals surface area contributed by atoms with Crippen LogP contribution in [0.4, 0.5) is 74.6 Å². The first-order chi connectivity index (χ1) is 25.0. The fourth-order valence-corrected chi connectivity index (χ4v) is 10.0. The van der Waals surface area contributed by atoms with Crippen LogP contribution in [0.2, 0.25) is 17.1 Å². The molecule has 0 saturated carbocycles. The first kappa shape index (κ1) is 51.1. The zero-order chi connectivity index (χ0) is 44.3. The van der Waals surface area contributed by atoms with E-state index < -0.39 is 111 Å². The number of aliphatic hydroxyl groups excluding tert-OH is 1. The van der Waals surface area contributed by atoms with Crippen molar-refractivity contribution in [1.82, 2.24) is 5.48 Å². The van der Waals surface area contributed by atoms with Crippen molar-refractivity contribution < 1.29 is 104 Å². The summed E-state index contributed by atoms with van der Waals surface area (Å²) >= 11 is 0. The second kappa shape index (κ2) is 17.5. The molecule has 0 aliphatic rings. The normalized spacial score (nSPS) is 16.0. The molecule has 0 radical (unpaired) electrons. The molecule has 0 aliphatic carbocycles. The van der Waals surface area contributed by atoms with Crippen molar-refractivity contribution in [1.29, 1.82) is 0 Å². The Morgan fingerprint density at radius 3 is 1.55 bits per heavy atom. The van der Waals surface area contributed by atoms with Crippen LogP contribution in [0.25, 0.3) is 0 Å². The Bertz CT molecular complexity index is 1480. The number of rotatable bonds is 21. The van der Waals surface area contributed by atoms with E-state index >= 15 is 0 Å². The van der Waals surface area contributed by atoms with E-state index in [1.807, 2.05) is 0 Å². The predicted octanol–water partition coefficient (Wildman–Crippen LogP) is 9.75. The molecule has 0 fully saturated rings. The molecule has 7 nitrogen and oxygen atoms in total. The molecule has 25 heteroatoms. The highest BCUT2D eigenvalue weighted by atomic mass is 28.4. The quantitative estimate of drug-likeness (QED) is 0.0285. The van der Waals surface area contributed by atoms with Crippen LogP contribution in [-0.4, -0.2) is 98.6 Å². The molecule has 0 heterocycles. The monoisotopic (exact) mass is 871 g/mol. The Hall–Kier alpha value is -2.90. The lowest BCUT2D eigenvalue weighted by Crippen LogP contribution is -2.74. The van der Waals surface area contributed by atoms with Crippen LogP contribution in [0, 0.1) is 0 Å². The van der Waals surface area contributed by atoms with Gasteiger partial charge in [0, 0.05) is 19.6 Å². The molecule has 2 atom stereocenters. The molecule has 1 aromatic carbocycles. The van der Waals surface area contributed by atoms with Crippen molar-refractivity contribution in [2.45, 2.75) is 118 Å². The summed E-state index contributed by atoms with van der Waals surface area (Å²) in [5.41, 5.74) is 0.0589.